The molecule has 0 spiro atoms. The van der Waals surface area contributed by atoms with Gasteiger partial charge in [-0.15, -0.1) is 0 Å². The first-order chi connectivity index (χ1) is 14.8. The van der Waals surface area contributed by atoms with Crippen LogP contribution in [0.15, 0.2) is 40.9 Å². The molecule has 168 valence electrons. The normalized spacial score (nSPS) is 15.9. The van der Waals surface area contributed by atoms with Crippen LogP contribution in [0, 0.1) is 0 Å². The van der Waals surface area contributed by atoms with Gasteiger partial charge in [-0.3, -0.25) is 9.69 Å². The first kappa shape index (κ1) is 23.0. The second kappa shape index (κ2) is 10.1. The topological polar surface area (TPSA) is 65.7 Å². The van der Waals surface area contributed by atoms with Gasteiger partial charge in [-0.05, 0) is 58.7 Å². The highest BCUT2D eigenvalue weighted by atomic mass is 19.3. The minimum Gasteiger partial charge on any atom is -0.336 e. The molecule has 1 aromatic carbocycles. The molecule has 0 unspecified atom stereocenters. The SMILES string of the molecule is C/C=C/C(F)(F)c1nc(-c2cccc(C(=O)N3CCN(CCCN(C)C)CC3)c2)no1. The first-order valence-electron chi connectivity index (χ1n) is 10.4. The molecule has 0 saturated carbocycles. The van der Waals surface area contributed by atoms with E-state index in [1.807, 2.05) is 4.90 Å². The van der Waals surface area contributed by atoms with E-state index in [0.29, 0.717) is 30.3 Å². The van der Waals surface area contributed by atoms with Gasteiger partial charge in [-0.1, -0.05) is 23.4 Å². The van der Waals surface area contributed by atoms with Crippen LogP contribution in [-0.2, 0) is 5.92 Å². The molecular weight excluding hydrogens is 404 g/mol. The molecule has 0 radical (unpaired) electrons. The van der Waals surface area contributed by atoms with Gasteiger partial charge in [0.25, 0.3) is 5.91 Å². The Labute approximate surface area is 181 Å². The molecule has 7 nitrogen and oxygen atoms in total. The molecule has 1 aliphatic heterocycles. The third-order valence-corrected chi connectivity index (χ3v) is 5.19. The number of amides is 1. The Kier molecular flexibility index (Phi) is 7.50. The van der Waals surface area contributed by atoms with Crippen molar-refractivity contribution in [1.82, 2.24) is 24.8 Å². The molecule has 9 heteroatoms. The summed E-state index contributed by atoms with van der Waals surface area (Å²) in [4.78, 5) is 23.1. The van der Waals surface area contributed by atoms with Crippen LogP contribution in [0.2, 0.25) is 0 Å². The van der Waals surface area contributed by atoms with Crippen molar-refractivity contribution in [2.75, 3.05) is 53.4 Å². The molecule has 0 atom stereocenters. The summed E-state index contributed by atoms with van der Waals surface area (Å²) in [5, 5.41) is 3.66. The number of piperazine rings is 1. The maximum absolute atomic E-state index is 13.9. The largest absolute Gasteiger partial charge is 0.343 e. The van der Waals surface area contributed by atoms with Crippen LogP contribution < -0.4 is 0 Å². The Morgan fingerprint density at radius 2 is 2.00 bits per heavy atom. The van der Waals surface area contributed by atoms with Crippen molar-refractivity contribution in [1.29, 1.82) is 0 Å². The van der Waals surface area contributed by atoms with E-state index in [2.05, 4.69) is 34.0 Å². The Balaban J connectivity index is 1.63. The van der Waals surface area contributed by atoms with E-state index < -0.39 is 11.8 Å². The summed E-state index contributed by atoms with van der Waals surface area (Å²) in [5.41, 5.74) is 0.935. The zero-order valence-corrected chi connectivity index (χ0v) is 18.2. The number of nitrogens with zero attached hydrogens (tertiary/aromatic N) is 5. The number of halogens is 2. The number of carbonyl (C=O) groups excluding carboxylic acids is 1. The lowest BCUT2D eigenvalue weighted by atomic mass is 10.1. The molecule has 0 N–H and O–H groups in total. The predicted octanol–water partition coefficient (Wildman–Crippen LogP) is 3.11. The van der Waals surface area contributed by atoms with Crippen molar-refractivity contribution in [3.63, 3.8) is 0 Å². The van der Waals surface area contributed by atoms with E-state index in [1.165, 1.54) is 13.0 Å². The van der Waals surface area contributed by atoms with Crippen molar-refractivity contribution in [2.24, 2.45) is 0 Å². The highest BCUT2D eigenvalue weighted by Gasteiger charge is 2.35. The predicted molar refractivity (Wildman–Crippen MR) is 114 cm³/mol. The third-order valence-electron chi connectivity index (χ3n) is 5.19. The Morgan fingerprint density at radius 1 is 1.26 bits per heavy atom. The van der Waals surface area contributed by atoms with Crippen molar-refractivity contribution in [3.8, 4) is 11.4 Å². The molecule has 2 aromatic rings. The molecule has 1 aliphatic rings. The average Bonchev–Trinajstić information content (AvgIpc) is 3.25. The summed E-state index contributed by atoms with van der Waals surface area (Å²) in [6.45, 7) is 6.56. The fraction of sp³-hybridized carbons (Fsp3) is 0.500. The van der Waals surface area contributed by atoms with E-state index in [4.69, 9.17) is 4.52 Å². The monoisotopic (exact) mass is 433 g/mol. The van der Waals surface area contributed by atoms with Gasteiger partial charge >= 0.3 is 11.8 Å². The summed E-state index contributed by atoms with van der Waals surface area (Å²) < 4.78 is 32.6. The Bertz CT molecular complexity index is 905. The molecule has 1 fully saturated rings. The third kappa shape index (κ3) is 5.95. The van der Waals surface area contributed by atoms with Crippen LogP contribution in [0.3, 0.4) is 0 Å². The van der Waals surface area contributed by atoms with Crippen LogP contribution in [0.4, 0.5) is 8.78 Å². The van der Waals surface area contributed by atoms with Gasteiger partial charge in [-0.25, -0.2) is 0 Å². The lowest BCUT2D eigenvalue weighted by Crippen LogP contribution is -2.49. The van der Waals surface area contributed by atoms with Crippen LogP contribution in [-0.4, -0.2) is 84.1 Å². The zero-order valence-electron chi connectivity index (χ0n) is 18.2. The maximum atomic E-state index is 13.9. The number of allylic oxidation sites excluding steroid dienone is 2. The quantitative estimate of drug-likeness (QED) is 0.596. The van der Waals surface area contributed by atoms with Gasteiger partial charge in [0, 0.05) is 37.3 Å². The summed E-state index contributed by atoms with van der Waals surface area (Å²) in [5.74, 6) is -4.17. The fourth-order valence-corrected chi connectivity index (χ4v) is 3.52. The number of rotatable bonds is 8. The number of hydrogen-bond acceptors (Lipinski definition) is 6. The number of alkyl halides is 2. The van der Waals surface area contributed by atoms with Crippen LogP contribution >= 0.6 is 0 Å². The molecule has 1 amide bonds. The number of benzene rings is 1. The van der Waals surface area contributed by atoms with E-state index in [9.17, 15) is 13.6 Å². The van der Waals surface area contributed by atoms with Crippen LogP contribution in [0.5, 0.6) is 0 Å². The minimum absolute atomic E-state index is 0.0274. The summed E-state index contributed by atoms with van der Waals surface area (Å²) in [7, 11) is 4.13. The second-order valence-corrected chi connectivity index (χ2v) is 7.92. The smallest absolute Gasteiger partial charge is 0.336 e. The fourth-order valence-electron chi connectivity index (χ4n) is 3.52. The summed E-state index contributed by atoms with van der Waals surface area (Å²) in [6.07, 6.45) is 3.03. The molecule has 2 heterocycles. The lowest BCUT2D eigenvalue weighted by Gasteiger charge is -2.35. The van der Waals surface area contributed by atoms with E-state index in [1.54, 1.807) is 24.3 Å². The highest BCUT2D eigenvalue weighted by Crippen LogP contribution is 2.30. The van der Waals surface area contributed by atoms with Gasteiger partial charge in [0.1, 0.15) is 0 Å². The molecule has 3 rings (SSSR count). The molecule has 1 aromatic heterocycles. The number of carbonyl (C=O) groups is 1. The Morgan fingerprint density at radius 3 is 2.68 bits per heavy atom. The summed E-state index contributed by atoms with van der Waals surface area (Å²) >= 11 is 0. The van der Waals surface area contributed by atoms with Crippen LogP contribution in [0.1, 0.15) is 29.6 Å². The van der Waals surface area contributed by atoms with Crippen molar-refractivity contribution < 1.29 is 18.1 Å². The van der Waals surface area contributed by atoms with Gasteiger partial charge in [0.15, 0.2) is 0 Å². The van der Waals surface area contributed by atoms with Gasteiger partial charge in [0.2, 0.25) is 5.82 Å². The van der Waals surface area contributed by atoms with Crippen molar-refractivity contribution >= 4 is 5.91 Å². The highest BCUT2D eigenvalue weighted by molar-refractivity contribution is 5.95. The van der Waals surface area contributed by atoms with Crippen molar-refractivity contribution in [2.45, 2.75) is 19.3 Å². The maximum Gasteiger partial charge on any atom is 0.343 e. The van der Waals surface area contributed by atoms with E-state index >= 15 is 0 Å². The minimum atomic E-state index is -3.33. The molecule has 1 saturated heterocycles. The standard InChI is InChI=1S/C22H29F2N5O2/c1-4-9-22(23,24)21-25-19(26-31-21)17-7-5-8-18(16-17)20(30)29-14-12-28(13-15-29)11-6-10-27(2)3/h4-5,7-9,16H,6,10-15H2,1-3H3/b9-4+. The Hall–Kier alpha value is -2.65. The van der Waals surface area contributed by atoms with Gasteiger partial charge in [-0.2, -0.15) is 13.8 Å². The lowest BCUT2D eigenvalue weighted by molar-refractivity contribution is 0.0158. The van der Waals surface area contributed by atoms with Crippen molar-refractivity contribution in [3.05, 3.63) is 47.9 Å². The van der Waals surface area contributed by atoms with E-state index in [-0.39, 0.29) is 11.7 Å². The molecule has 31 heavy (non-hydrogen) atoms. The van der Waals surface area contributed by atoms with Gasteiger partial charge in [0.05, 0.1) is 0 Å². The second-order valence-electron chi connectivity index (χ2n) is 7.92. The molecule has 0 aliphatic carbocycles. The molecular formula is C22H29F2N5O2. The number of hydrogen-bond donors (Lipinski definition) is 0. The molecule has 0 bridgehead atoms. The number of aromatic nitrogens is 2. The van der Waals surface area contributed by atoms with Gasteiger partial charge < -0.3 is 14.3 Å². The van der Waals surface area contributed by atoms with Crippen LogP contribution in [0.25, 0.3) is 11.4 Å². The first-order valence-corrected chi connectivity index (χ1v) is 10.4. The average molecular weight is 434 g/mol. The summed E-state index contributed by atoms with van der Waals surface area (Å²) in [6, 6.07) is 6.70. The van der Waals surface area contributed by atoms with E-state index in [0.717, 1.165) is 32.6 Å². The zero-order chi connectivity index (χ0) is 22.4.